The highest BCUT2D eigenvalue weighted by Crippen LogP contribution is 2.11. The third-order valence-electron chi connectivity index (χ3n) is 1.63. The van der Waals surface area contributed by atoms with Gasteiger partial charge in [0.15, 0.2) is 0 Å². The molecule has 0 spiro atoms. The van der Waals surface area contributed by atoms with Crippen LogP contribution in [0.25, 0.3) is 0 Å². The van der Waals surface area contributed by atoms with Crippen LogP contribution >= 0.6 is 0 Å². The summed E-state index contributed by atoms with van der Waals surface area (Å²) < 4.78 is 1.81. The molecule has 0 amide bonds. The molecule has 2 N–H and O–H groups in total. The average molecular weight is 149 g/mol. The van der Waals surface area contributed by atoms with Crippen molar-refractivity contribution in [2.75, 3.05) is 5.73 Å². The van der Waals surface area contributed by atoms with Crippen molar-refractivity contribution in [3.8, 4) is 12.3 Å². The van der Waals surface area contributed by atoms with E-state index >= 15 is 0 Å². The van der Waals surface area contributed by atoms with Crippen LogP contribution < -0.4 is 5.73 Å². The molecule has 0 aliphatic carbocycles. The molecule has 1 aromatic heterocycles. The van der Waals surface area contributed by atoms with Gasteiger partial charge in [-0.2, -0.15) is 0 Å². The van der Waals surface area contributed by atoms with E-state index in [1.165, 1.54) is 0 Å². The van der Waals surface area contributed by atoms with E-state index in [1.54, 1.807) is 0 Å². The molecule has 0 fully saturated rings. The number of nitrogen functional groups attached to an aromatic ring is 1. The van der Waals surface area contributed by atoms with Crippen molar-refractivity contribution >= 4 is 5.82 Å². The molecule has 58 valence electrons. The number of hydrogen-bond donors (Lipinski definition) is 1. The quantitative estimate of drug-likeness (QED) is 0.598. The summed E-state index contributed by atoms with van der Waals surface area (Å²) in [5, 5.41) is 0. The Kier molecular flexibility index (Phi) is 1.86. The molecule has 0 radical (unpaired) electrons. The summed E-state index contributed by atoms with van der Waals surface area (Å²) in [5.41, 5.74) is 6.54. The van der Waals surface area contributed by atoms with Gasteiger partial charge in [-0.1, -0.05) is 5.92 Å². The number of anilines is 1. The predicted octanol–water partition coefficient (Wildman–Crippen LogP) is 0.715. The van der Waals surface area contributed by atoms with Crippen molar-refractivity contribution < 1.29 is 0 Å². The lowest BCUT2D eigenvalue weighted by atomic mass is 10.5. The van der Waals surface area contributed by atoms with Crippen LogP contribution in [-0.2, 0) is 6.54 Å². The zero-order valence-electron chi connectivity index (χ0n) is 6.76. The third kappa shape index (κ3) is 1.20. The lowest BCUT2D eigenvalue weighted by molar-refractivity contribution is 0.807. The summed E-state index contributed by atoms with van der Waals surface area (Å²) in [5.74, 6) is 4.06. The average Bonchev–Trinajstić information content (AvgIpc) is 2.17. The number of aromatic nitrogens is 2. The topological polar surface area (TPSA) is 43.8 Å². The number of nitrogens with two attached hydrogens (primary N) is 1. The van der Waals surface area contributed by atoms with Crippen LogP contribution in [0, 0.1) is 26.2 Å². The summed E-state index contributed by atoms with van der Waals surface area (Å²) in [7, 11) is 0. The Labute approximate surface area is 66.2 Å². The van der Waals surface area contributed by atoms with Gasteiger partial charge in [0, 0.05) is 0 Å². The largest absolute Gasteiger partial charge is 0.384 e. The molecular weight excluding hydrogens is 138 g/mol. The van der Waals surface area contributed by atoms with E-state index in [9.17, 15) is 0 Å². The monoisotopic (exact) mass is 149 g/mol. The highest BCUT2D eigenvalue weighted by atomic mass is 15.1. The number of hydrogen-bond acceptors (Lipinski definition) is 2. The van der Waals surface area contributed by atoms with Gasteiger partial charge < -0.3 is 10.3 Å². The lowest BCUT2D eigenvalue weighted by Gasteiger charge is -2.00. The molecule has 0 aliphatic heterocycles. The van der Waals surface area contributed by atoms with Gasteiger partial charge >= 0.3 is 0 Å². The van der Waals surface area contributed by atoms with E-state index < -0.39 is 0 Å². The number of nitrogens with zero attached hydrogens (tertiary/aromatic N) is 2. The van der Waals surface area contributed by atoms with Gasteiger partial charge in [-0.25, -0.2) is 4.98 Å². The van der Waals surface area contributed by atoms with Gasteiger partial charge in [0.1, 0.15) is 11.6 Å². The molecule has 0 atom stereocenters. The van der Waals surface area contributed by atoms with Gasteiger partial charge in [-0.05, 0) is 13.8 Å². The summed E-state index contributed by atoms with van der Waals surface area (Å²) in [6.07, 6.45) is 5.15. The Morgan fingerprint density at radius 1 is 1.64 bits per heavy atom. The molecule has 1 heterocycles. The second-order valence-corrected chi connectivity index (χ2v) is 2.42. The SMILES string of the molecule is C#CCn1c(C)nc(C)c1N. The fourth-order valence-corrected chi connectivity index (χ4v) is 1.02. The van der Waals surface area contributed by atoms with Crippen molar-refractivity contribution in [2.45, 2.75) is 20.4 Å². The summed E-state index contributed by atoms with van der Waals surface area (Å²) >= 11 is 0. The summed E-state index contributed by atoms with van der Waals surface area (Å²) in [6, 6.07) is 0. The van der Waals surface area contributed by atoms with Crippen LogP contribution in [0.3, 0.4) is 0 Å². The first-order chi connectivity index (χ1) is 5.16. The first-order valence-corrected chi connectivity index (χ1v) is 3.39. The standard InChI is InChI=1S/C8H11N3/c1-4-5-11-7(3)10-6(2)8(11)9/h1H,5,9H2,2-3H3. The van der Waals surface area contributed by atoms with Gasteiger partial charge in [0.05, 0.1) is 12.2 Å². The molecule has 0 aliphatic rings. The minimum absolute atomic E-state index is 0.499. The zero-order chi connectivity index (χ0) is 8.43. The van der Waals surface area contributed by atoms with Gasteiger partial charge in [-0.3, -0.25) is 0 Å². The van der Waals surface area contributed by atoms with Crippen molar-refractivity contribution in [1.82, 2.24) is 9.55 Å². The van der Waals surface area contributed by atoms with Gasteiger partial charge in [0.2, 0.25) is 0 Å². The summed E-state index contributed by atoms with van der Waals surface area (Å²) in [4.78, 5) is 4.17. The van der Waals surface area contributed by atoms with Crippen LogP contribution in [0.1, 0.15) is 11.5 Å². The molecule has 1 aromatic rings. The molecule has 0 saturated heterocycles. The van der Waals surface area contributed by atoms with Crippen molar-refractivity contribution in [2.24, 2.45) is 0 Å². The second kappa shape index (κ2) is 2.67. The molecule has 0 saturated carbocycles. The normalized spacial score (nSPS) is 9.55. The number of imidazole rings is 1. The number of rotatable bonds is 1. The predicted molar refractivity (Wildman–Crippen MR) is 44.9 cm³/mol. The van der Waals surface area contributed by atoms with Crippen LogP contribution in [-0.4, -0.2) is 9.55 Å². The lowest BCUT2D eigenvalue weighted by Crippen LogP contribution is -2.03. The fourth-order valence-electron chi connectivity index (χ4n) is 1.02. The maximum absolute atomic E-state index is 5.69. The molecule has 3 nitrogen and oxygen atoms in total. The van der Waals surface area contributed by atoms with Gasteiger partial charge in [-0.15, -0.1) is 6.42 Å². The summed E-state index contributed by atoms with van der Waals surface area (Å²) in [6.45, 7) is 4.26. The van der Waals surface area contributed by atoms with E-state index in [0.29, 0.717) is 12.4 Å². The third-order valence-corrected chi connectivity index (χ3v) is 1.63. The van der Waals surface area contributed by atoms with Crippen molar-refractivity contribution in [3.63, 3.8) is 0 Å². The smallest absolute Gasteiger partial charge is 0.127 e. The van der Waals surface area contributed by atoms with Crippen molar-refractivity contribution in [1.29, 1.82) is 0 Å². The minimum atomic E-state index is 0.499. The minimum Gasteiger partial charge on any atom is -0.384 e. The molecule has 0 unspecified atom stereocenters. The number of aryl methyl sites for hydroxylation is 2. The van der Waals surface area contributed by atoms with E-state index in [2.05, 4.69) is 10.9 Å². The Balaban J connectivity index is 3.14. The maximum Gasteiger partial charge on any atom is 0.127 e. The Morgan fingerprint density at radius 2 is 2.27 bits per heavy atom. The Bertz CT molecular complexity index is 304. The maximum atomic E-state index is 5.69. The van der Waals surface area contributed by atoms with E-state index in [0.717, 1.165) is 11.5 Å². The molecule has 0 aromatic carbocycles. The second-order valence-electron chi connectivity index (χ2n) is 2.42. The molecule has 3 heteroatoms. The van der Waals surface area contributed by atoms with E-state index in [-0.39, 0.29) is 0 Å². The Hall–Kier alpha value is -1.43. The van der Waals surface area contributed by atoms with Crippen LogP contribution in [0.4, 0.5) is 5.82 Å². The first-order valence-electron chi connectivity index (χ1n) is 3.39. The molecular formula is C8H11N3. The Morgan fingerprint density at radius 3 is 2.64 bits per heavy atom. The van der Waals surface area contributed by atoms with Gasteiger partial charge in [0.25, 0.3) is 0 Å². The van der Waals surface area contributed by atoms with Crippen LogP contribution in [0.5, 0.6) is 0 Å². The van der Waals surface area contributed by atoms with Crippen molar-refractivity contribution in [3.05, 3.63) is 11.5 Å². The molecule has 11 heavy (non-hydrogen) atoms. The zero-order valence-corrected chi connectivity index (χ0v) is 6.76. The highest BCUT2D eigenvalue weighted by Gasteiger charge is 2.05. The fraction of sp³-hybridized carbons (Fsp3) is 0.375. The van der Waals surface area contributed by atoms with Crippen LogP contribution in [0.2, 0.25) is 0 Å². The number of terminal acetylenes is 1. The van der Waals surface area contributed by atoms with Crippen LogP contribution in [0.15, 0.2) is 0 Å². The highest BCUT2D eigenvalue weighted by molar-refractivity contribution is 5.37. The van der Waals surface area contributed by atoms with E-state index in [1.807, 2.05) is 18.4 Å². The molecule has 0 bridgehead atoms. The molecule has 1 rings (SSSR count). The first kappa shape index (κ1) is 7.67. The van der Waals surface area contributed by atoms with E-state index in [4.69, 9.17) is 12.2 Å².